The number of anilines is 1. The highest BCUT2D eigenvalue weighted by Gasteiger charge is 2.10. The molecular formula is C15H13F2N5. The van der Waals surface area contributed by atoms with Gasteiger partial charge in [-0.1, -0.05) is 6.07 Å². The van der Waals surface area contributed by atoms with Crippen molar-refractivity contribution in [1.82, 2.24) is 19.5 Å². The maximum Gasteiger partial charge on any atom is 0.143 e. The first-order chi connectivity index (χ1) is 10.6. The van der Waals surface area contributed by atoms with Gasteiger partial charge in [0.2, 0.25) is 0 Å². The van der Waals surface area contributed by atoms with Crippen molar-refractivity contribution in [3.8, 4) is 5.82 Å². The molecule has 5 nitrogen and oxygen atoms in total. The molecule has 0 unspecified atom stereocenters. The van der Waals surface area contributed by atoms with Gasteiger partial charge in [0.05, 0.1) is 0 Å². The number of benzene rings is 1. The first-order valence-corrected chi connectivity index (χ1v) is 6.59. The lowest BCUT2D eigenvalue weighted by molar-refractivity contribution is 0.571. The summed E-state index contributed by atoms with van der Waals surface area (Å²) in [5, 5.41) is 0. The third-order valence-electron chi connectivity index (χ3n) is 3.22. The van der Waals surface area contributed by atoms with Gasteiger partial charge in [-0.05, 0) is 6.07 Å². The van der Waals surface area contributed by atoms with Crippen molar-refractivity contribution in [2.45, 2.75) is 6.54 Å². The van der Waals surface area contributed by atoms with Crippen molar-refractivity contribution >= 4 is 5.82 Å². The van der Waals surface area contributed by atoms with Crippen LogP contribution in [-0.4, -0.2) is 26.6 Å². The van der Waals surface area contributed by atoms with Gasteiger partial charge in [0.25, 0.3) is 0 Å². The Morgan fingerprint density at radius 1 is 1.18 bits per heavy atom. The standard InChI is InChI=1S/C15H13F2N5/c1-21(8-11-2-3-12(16)6-13(11)17)14-7-15(20-9-19-14)22-5-4-18-10-22/h2-7,9-10H,8H2,1H3. The zero-order valence-electron chi connectivity index (χ0n) is 11.8. The molecule has 0 saturated carbocycles. The molecule has 0 bridgehead atoms. The van der Waals surface area contributed by atoms with Gasteiger partial charge in [0.15, 0.2) is 0 Å². The lowest BCUT2D eigenvalue weighted by Gasteiger charge is -2.19. The molecule has 0 spiro atoms. The molecule has 0 fully saturated rings. The molecule has 0 saturated heterocycles. The summed E-state index contributed by atoms with van der Waals surface area (Å²) in [6, 6.07) is 5.31. The fraction of sp³-hybridized carbons (Fsp3) is 0.133. The molecule has 0 N–H and O–H groups in total. The van der Waals surface area contributed by atoms with Gasteiger partial charge in [0, 0.05) is 43.7 Å². The van der Waals surface area contributed by atoms with Gasteiger partial charge in [-0.2, -0.15) is 0 Å². The minimum Gasteiger partial charge on any atom is -0.355 e. The maximum absolute atomic E-state index is 13.7. The van der Waals surface area contributed by atoms with E-state index in [-0.39, 0.29) is 6.54 Å². The van der Waals surface area contributed by atoms with E-state index in [1.807, 2.05) is 0 Å². The average Bonchev–Trinajstić information content (AvgIpc) is 3.04. The van der Waals surface area contributed by atoms with Gasteiger partial charge in [-0.15, -0.1) is 0 Å². The van der Waals surface area contributed by atoms with E-state index >= 15 is 0 Å². The molecule has 2 aromatic heterocycles. The number of nitrogens with zero attached hydrogens (tertiary/aromatic N) is 5. The molecule has 2 heterocycles. The second-order valence-electron chi connectivity index (χ2n) is 4.80. The summed E-state index contributed by atoms with van der Waals surface area (Å²) < 4.78 is 28.4. The monoisotopic (exact) mass is 301 g/mol. The number of halogens is 2. The Bertz CT molecular complexity index is 773. The molecule has 3 rings (SSSR count). The Labute approximate surface area is 125 Å². The zero-order chi connectivity index (χ0) is 15.5. The second-order valence-corrected chi connectivity index (χ2v) is 4.80. The molecule has 112 valence electrons. The van der Waals surface area contributed by atoms with Crippen molar-refractivity contribution in [2.24, 2.45) is 0 Å². The molecule has 0 aliphatic carbocycles. The van der Waals surface area contributed by atoms with Crippen LogP contribution in [0.15, 0.2) is 49.3 Å². The molecule has 22 heavy (non-hydrogen) atoms. The van der Waals surface area contributed by atoms with Crippen LogP contribution in [0.1, 0.15) is 5.56 Å². The van der Waals surface area contributed by atoms with Crippen molar-refractivity contribution < 1.29 is 8.78 Å². The molecule has 7 heteroatoms. The van der Waals surface area contributed by atoms with Crippen LogP contribution in [0.4, 0.5) is 14.6 Å². The summed E-state index contributed by atoms with van der Waals surface area (Å²) in [6.45, 7) is 0.270. The quantitative estimate of drug-likeness (QED) is 0.743. The van der Waals surface area contributed by atoms with E-state index in [1.165, 1.54) is 18.5 Å². The van der Waals surface area contributed by atoms with E-state index < -0.39 is 11.6 Å². The molecule has 1 aromatic carbocycles. The van der Waals surface area contributed by atoms with Crippen LogP contribution in [-0.2, 0) is 6.54 Å². The first kappa shape index (κ1) is 14.1. The largest absolute Gasteiger partial charge is 0.355 e. The number of hydrogen-bond acceptors (Lipinski definition) is 4. The molecule has 3 aromatic rings. The van der Waals surface area contributed by atoms with Crippen molar-refractivity contribution in [2.75, 3.05) is 11.9 Å². The Morgan fingerprint density at radius 3 is 2.77 bits per heavy atom. The highest BCUT2D eigenvalue weighted by atomic mass is 19.1. The SMILES string of the molecule is CN(Cc1ccc(F)cc1F)c1cc(-n2ccnc2)ncn1. The zero-order valence-corrected chi connectivity index (χ0v) is 11.8. The van der Waals surface area contributed by atoms with Crippen LogP contribution in [0.2, 0.25) is 0 Å². The van der Waals surface area contributed by atoms with Gasteiger partial charge in [-0.3, -0.25) is 4.57 Å². The van der Waals surface area contributed by atoms with E-state index in [9.17, 15) is 8.78 Å². The Hall–Kier alpha value is -2.83. The van der Waals surface area contributed by atoms with Gasteiger partial charge < -0.3 is 4.90 Å². The van der Waals surface area contributed by atoms with E-state index in [0.29, 0.717) is 17.2 Å². The Balaban J connectivity index is 1.83. The predicted octanol–water partition coefficient (Wildman–Crippen LogP) is 2.58. The molecular weight excluding hydrogens is 288 g/mol. The third-order valence-corrected chi connectivity index (χ3v) is 3.22. The summed E-state index contributed by atoms with van der Waals surface area (Å²) in [4.78, 5) is 14.1. The summed E-state index contributed by atoms with van der Waals surface area (Å²) >= 11 is 0. The summed E-state index contributed by atoms with van der Waals surface area (Å²) in [7, 11) is 1.78. The third kappa shape index (κ3) is 2.93. The molecule has 0 atom stereocenters. The van der Waals surface area contributed by atoms with Crippen LogP contribution >= 0.6 is 0 Å². The van der Waals surface area contributed by atoms with E-state index in [0.717, 1.165) is 6.07 Å². The van der Waals surface area contributed by atoms with Crippen LogP contribution < -0.4 is 4.90 Å². The predicted molar refractivity (Wildman–Crippen MR) is 77.6 cm³/mol. The normalized spacial score (nSPS) is 10.7. The molecule has 0 radical (unpaired) electrons. The number of rotatable bonds is 4. The summed E-state index contributed by atoms with van der Waals surface area (Å²) in [5.74, 6) is 0.125. The van der Waals surface area contributed by atoms with Gasteiger partial charge >= 0.3 is 0 Å². The van der Waals surface area contributed by atoms with E-state index in [2.05, 4.69) is 15.0 Å². The van der Waals surface area contributed by atoms with Crippen molar-refractivity contribution in [3.05, 3.63) is 66.5 Å². The lowest BCUT2D eigenvalue weighted by atomic mass is 10.2. The van der Waals surface area contributed by atoms with Crippen LogP contribution in [0.3, 0.4) is 0 Å². The van der Waals surface area contributed by atoms with Crippen molar-refractivity contribution in [1.29, 1.82) is 0 Å². The topological polar surface area (TPSA) is 46.8 Å². The van der Waals surface area contributed by atoms with Gasteiger partial charge in [0.1, 0.15) is 35.9 Å². The van der Waals surface area contributed by atoms with Crippen LogP contribution in [0.5, 0.6) is 0 Å². The number of imidazole rings is 1. The number of aromatic nitrogens is 4. The fourth-order valence-corrected chi connectivity index (χ4v) is 2.07. The number of hydrogen-bond donors (Lipinski definition) is 0. The molecule has 0 aliphatic heterocycles. The average molecular weight is 301 g/mol. The smallest absolute Gasteiger partial charge is 0.143 e. The Morgan fingerprint density at radius 2 is 2.05 bits per heavy atom. The molecule has 0 aliphatic rings. The van der Waals surface area contributed by atoms with Gasteiger partial charge in [-0.25, -0.2) is 23.7 Å². The molecule has 0 amide bonds. The van der Waals surface area contributed by atoms with Crippen LogP contribution in [0, 0.1) is 11.6 Å². The Kier molecular flexibility index (Phi) is 3.78. The maximum atomic E-state index is 13.7. The van der Waals surface area contributed by atoms with Crippen molar-refractivity contribution in [3.63, 3.8) is 0 Å². The summed E-state index contributed by atoms with van der Waals surface area (Å²) in [5.41, 5.74) is 0.395. The second kappa shape index (κ2) is 5.88. The first-order valence-electron chi connectivity index (χ1n) is 6.59. The highest BCUT2D eigenvalue weighted by Crippen LogP contribution is 2.17. The minimum absolute atomic E-state index is 0.270. The van der Waals surface area contributed by atoms with E-state index in [4.69, 9.17) is 0 Å². The minimum atomic E-state index is -0.590. The van der Waals surface area contributed by atoms with Crippen LogP contribution in [0.25, 0.3) is 5.82 Å². The highest BCUT2D eigenvalue weighted by molar-refractivity contribution is 5.43. The van der Waals surface area contributed by atoms with E-state index in [1.54, 1.807) is 41.3 Å². The summed E-state index contributed by atoms with van der Waals surface area (Å²) in [6.07, 6.45) is 6.49. The fourth-order valence-electron chi connectivity index (χ4n) is 2.07. The lowest BCUT2D eigenvalue weighted by Crippen LogP contribution is -2.19.